The normalized spacial score (nSPS) is 16.7. The van der Waals surface area contributed by atoms with Crippen molar-refractivity contribution in [3.8, 4) is 0 Å². The van der Waals surface area contributed by atoms with E-state index in [1.807, 2.05) is 49.4 Å². The van der Waals surface area contributed by atoms with E-state index in [9.17, 15) is 9.59 Å². The van der Waals surface area contributed by atoms with Gasteiger partial charge < -0.3 is 15.1 Å². The Morgan fingerprint density at radius 1 is 1.03 bits per heavy atom. The van der Waals surface area contributed by atoms with Crippen molar-refractivity contribution in [2.75, 3.05) is 36.4 Å². The molecule has 1 saturated heterocycles. The summed E-state index contributed by atoms with van der Waals surface area (Å²) in [5.41, 5.74) is 4.02. The summed E-state index contributed by atoms with van der Waals surface area (Å²) in [5.74, 6) is 0.590. The van der Waals surface area contributed by atoms with E-state index in [-0.39, 0.29) is 17.7 Å². The smallest absolute Gasteiger partial charge is 0.282 e. The van der Waals surface area contributed by atoms with Crippen LogP contribution in [0.4, 0.5) is 11.4 Å². The highest BCUT2D eigenvalue weighted by molar-refractivity contribution is 5.95. The highest BCUT2D eigenvalue weighted by atomic mass is 16.2. The summed E-state index contributed by atoms with van der Waals surface area (Å²) in [5, 5.41) is 3.18. The fourth-order valence-corrected chi connectivity index (χ4v) is 4.08. The van der Waals surface area contributed by atoms with Gasteiger partial charge in [0.2, 0.25) is 0 Å². The number of benzene rings is 2. The number of piperazine rings is 1. The van der Waals surface area contributed by atoms with Crippen LogP contribution in [-0.4, -0.2) is 43.9 Å². The lowest BCUT2D eigenvalue weighted by Gasteiger charge is -2.36. The molecule has 1 heterocycles. The molecule has 3 rings (SSSR count). The van der Waals surface area contributed by atoms with Crippen molar-refractivity contribution < 1.29 is 14.5 Å². The Labute approximate surface area is 180 Å². The van der Waals surface area contributed by atoms with Crippen LogP contribution in [0.15, 0.2) is 48.5 Å². The van der Waals surface area contributed by atoms with Gasteiger partial charge >= 0.3 is 0 Å². The second kappa shape index (κ2) is 9.90. The van der Waals surface area contributed by atoms with E-state index in [2.05, 4.69) is 30.1 Å². The molecule has 1 aliphatic rings. The quantitative estimate of drug-likeness (QED) is 0.692. The molecule has 0 radical (unpaired) electrons. The van der Waals surface area contributed by atoms with Crippen LogP contribution in [0.3, 0.4) is 0 Å². The number of amides is 1. The maximum atomic E-state index is 13.0. The van der Waals surface area contributed by atoms with Crippen LogP contribution in [0.5, 0.6) is 0 Å². The zero-order valence-corrected chi connectivity index (χ0v) is 18.6. The number of carbonyl (C=O) groups excluding carboxylic acids is 2. The molecule has 5 heteroatoms. The molecular formula is C25H34N3O2+. The minimum Gasteiger partial charge on any atom is -0.360 e. The molecule has 5 nitrogen and oxygen atoms in total. The van der Waals surface area contributed by atoms with Gasteiger partial charge in [0.15, 0.2) is 11.8 Å². The molecular weight excluding hydrogens is 374 g/mol. The Bertz CT molecular complexity index is 870. The lowest BCUT2D eigenvalue weighted by Crippen LogP contribution is -3.19. The summed E-state index contributed by atoms with van der Waals surface area (Å²) >= 11 is 0. The first kappa shape index (κ1) is 22.0. The number of nitrogens with zero attached hydrogens (tertiary/aromatic N) is 1. The van der Waals surface area contributed by atoms with E-state index in [0.717, 1.165) is 49.5 Å². The van der Waals surface area contributed by atoms with Gasteiger partial charge in [0.05, 0.1) is 26.2 Å². The summed E-state index contributed by atoms with van der Waals surface area (Å²) in [7, 11) is 0. The number of anilines is 2. The molecule has 0 spiro atoms. The van der Waals surface area contributed by atoms with Crippen LogP contribution in [0, 0.1) is 0 Å². The molecule has 1 aliphatic heterocycles. The molecule has 2 aromatic carbocycles. The van der Waals surface area contributed by atoms with Crippen LogP contribution in [0.25, 0.3) is 0 Å². The molecule has 0 aliphatic carbocycles. The van der Waals surface area contributed by atoms with Crippen molar-refractivity contribution in [2.24, 2.45) is 0 Å². The van der Waals surface area contributed by atoms with Gasteiger partial charge in [0.25, 0.3) is 5.91 Å². The summed E-state index contributed by atoms with van der Waals surface area (Å²) in [4.78, 5) is 28.1. The van der Waals surface area contributed by atoms with E-state index in [1.54, 1.807) is 6.92 Å². The van der Waals surface area contributed by atoms with Crippen LogP contribution >= 0.6 is 0 Å². The van der Waals surface area contributed by atoms with Gasteiger partial charge in [-0.15, -0.1) is 0 Å². The number of carbonyl (C=O) groups is 2. The van der Waals surface area contributed by atoms with Gasteiger partial charge in [0, 0.05) is 16.9 Å². The lowest BCUT2D eigenvalue weighted by molar-refractivity contribution is -0.914. The molecule has 1 fully saturated rings. The van der Waals surface area contributed by atoms with Gasteiger partial charge in [-0.05, 0) is 62.1 Å². The number of quaternary nitrogens is 1. The molecule has 1 amide bonds. The number of para-hydroxylation sites is 1. The van der Waals surface area contributed by atoms with Crippen LogP contribution < -0.4 is 15.1 Å². The fourth-order valence-electron chi connectivity index (χ4n) is 4.08. The number of hydrogen-bond donors (Lipinski definition) is 2. The van der Waals surface area contributed by atoms with Crippen LogP contribution in [0.1, 0.15) is 56.0 Å². The molecule has 30 heavy (non-hydrogen) atoms. The van der Waals surface area contributed by atoms with Crippen molar-refractivity contribution in [1.82, 2.24) is 0 Å². The molecule has 2 atom stereocenters. The third-order valence-electron chi connectivity index (χ3n) is 6.41. The predicted molar refractivity (Wildman–Crippen MR) is 123 cm³/mol. The first-order chi connectivity index (χ1) is 14.4. The second-order valence-corrected chi connectivity index (χ2v) is 8.36. The number of ketones is 1. The number of hydrogen-bond acceptors (Lipinski definition) is 3. The second-order valence-electron chi connectivity index (χ2n) is 8.36. The van der Waals surface area contributed by atoms with E-state index < -0.39 is 0 Å². The Morgan fingerprint density at radius 2 is 1.67 bits per heavy atom. The van der Waals surface area contributed by atoms with Gasteiger partial charge in [-0.1, -0.05) is 32.0 Å². The molecule has 0 aromatic heterocycles. The minimum atomic E-state index is -0.0998. The minimum absolute atomic E-state index is 0.0833. The Hall–Kier alpha value is -2.66. The van der Waals surface area contributed by atoms with Crippen molar-refractivity contribution in [2.45, 2.75) is 46.1 Å². The van der Waals surface area contributed by atoms with E-state index in [4.69, 9.17) is 0 Å². The number of nitrogens with one attached hydrogen (secondary N) is 2. The van der Waals surface area contributed by atoms with Gasteiger partial charge in [-0.3, -0.25) is 9.59 Å². The van der Waals surface area contributed by atoms with Crippen molar-refractivity contribution in [1.29, 1.82) is 0 Å². The molecule has 0 unspecified atom stereocenters. The Balaban J connectivity index is 1.58. The monoisotopic (exact) mass is 408 g/mol. The molecule has 160 valence electrons. The molecule has 0 saturated carbocycles. The largest absolute Gasteiger partial charge is 0.360 e. The van der Waals surface area contributed by atoms with Gasteiger partial charge in [-0.25, -0.2) is 0 Å². The first-order valence-corrected chi connectivity index (χ1v) is 11.0. The molecule has 2 N–H and O–H groups in total. The average Bonchev–Trinajstić information content (AvgIpc) is 2.78. The summed E-state index contributed by atoms with van der Waals surface area (Å²) in [6, 6.07) is 15.8. The zero-order valence-electron chi connectivity index (χ0n) is 18.6. The third kappa shape index (κ3) is 5.08. The average molecular weight is 409 g/mol. The Kier molecular flexibility index (Phi) is 7.27. The van der Waals surface area contributed by atoms with Gasteiger partial charge in [0.1, 0.15) is 0 Å². The maximum absolute atomic E-state index is 13.0. The number of rotatable bonds is 7. The highest BCUT2D eigenvalue weighted by Gasteiger charge is 2.29. The van der Waals surface area contributed by atoms with Crippen LogP contribution in [0.2, 0.25) is 0 Å². The fraction of sp³-hybridized carbons (Fsp3) is 0.440. The zero-order chi connectivity index (χ0) is 21.7. The highest BCUT2D eigenvalue weighted by Crippen LogP contribution is 2.26. The number of Topliss-reactive ketones (excluding diaryl/α,β-unsaturated/α-hetero) is 1. The van der Waals surface area contributed by atoms with E-state index in [1.165, 1.54) is 10.5 Å². The molecule has 2 aromatic rings. The first-order valence-electron chi connectivity index (χ1n) is 11.0. The SMILES string of the molecule is CC[C@H](C)c1ccccc1NC(=O)[C@H](C)[NH+]1CCN(c2ccc(C(C)=O)cc2)CC1. The van der Waals surface area contributed by atoms with Crippen molar-refractivity contribution >= 4 is 23.1 Å². The standard InChI is InChI=1S/C25H33N3O2/c1-5-18(2)23-8-6-7-9-24(23)26-25(30)19(3)27-14-16-28(17-15-27)22-12-10-21(11-13-22)20(4)29/h6-13,18-19H,5,14-17H2,1-4H3,(H,26,30)/p+1/t18-,19-/m0/s1. The summed E-state index contributed by atoms with van der Waals surface area (Å²) in [6.45, 7) is 11.6. The topological polar surface area (TPSA) is 53.9 Å². The third-order valence-corrected chi connectivity index (χ3v) is 6.41. The van der Waals surface area contributed by atoms with Crippen molar-refractivity contribution in [3.05, 3.63) is 59.7 Å². The summed E-state index contributed by atoms with van der Waals surface area (Å²) in [6.07, 6.45) is 1.04. The predicted octanol–water partition coefficient (Wildman–Crippen LogP) is 3.13. The summed E-state index contributed by atoms with van der Waals surface area (Å²) < 4.78 is 0. The molecule has 0 bridgehead atoms. The van der Waals surface area contributed by atoms with E-state index in [0.29, 0.717) is 5.92 Å². The maximum Gasteiger partial charge on any atom is 0.282 e. The van der Waals surface area contributed by atoms with Crippen LogP contribution in [-0.2, 0) is 4.79 Å². The van der Waals surface area contributed by atoms with Gasteiger partial charge in [-0.2, -0.15) is 0 Å². The lowest BCUT2D eigenvalue weighted by atomic mass is 9.97. The van der Waals surface area contributed by atoms with Crippen molar-refractivity contribution in [3.63, 3.8) is 0 Å². The van der Waals surface area contributed by atoms with E-state index >= 15 is 0 Å². The Morgan fingerprint density at radius 3 is 2.27 bits per heavy atom.